The minimum atomic E-state index is -3.41. The highest BCUT2D eigenvalue weighted by Crippen LogP contribution is 2.20. The van der Waals surface area contributed by atoms with Crippen LogP contribution in [0.1, 0.15) is 5.56 Å². The molecule has 0 unspecified atom stereocenters. The molecule has 0 fully saturated rings. The van der Waals surface area contributed by atoms with Crippen LogP contribution in [0.15, 0.2) is 82.9 Å². The van der Waals surface area contributed by atoms with Crippen molar-refractivity contribution in [1.29, 1.82) is 0 Å². The third kappa shape index (κ3) is 4.72. The number of sulfonamides is 1. The van der Waals surface area contributed by atoms with Crippen molar-refractivity contribution in [3.63, 3.8) is 0 Å². The van der Waals surface area contributed by atoms with Gasteiger partial charge in [0.05, 0.1) is 11.3 Å². The molecular weight excluding hydrogens is 390 g/mol. The van der Waals surface area contributed by atoms with Crippen molar-refractivity contribution in [1.82, 2.24) is 4.90 Å². The molecule has 2 heterocycles. The zero-order chi connectivity index (χ0) is 20.3. The second kappa shape index (κ2) is 7.92. The highest BCUT2D eigenvalue weighted by atomic mass is 32.2. The summed E-state index contributed by atoms with van der Waals surface area (Å²) >= 11 is 0. The molecule has 2 aliphatic rings. The lowest BCUT2D eigenvalue weighted by atomic mass is 10.1. The molecular formula is C21H19N3O4S. The summed E-state index contributed by atoms with van der Waals surface area (Å²) in [5, 5.41) is 2.83. The van der Waals surface area contributed by atoms with Gasteiger partial charge >= 0.3 is 0 Å². The first-order valence-corrected chi connectivity index (χ1v) is 10.7. The number of carbonyl (C=O) groups is 1. The Hall–Kier alpha value is -3.39. The molecule has 8 heteroatoms. The number of nitrogens with one attached hydrogen (secondary N) is 1. The molecule has 0 bridgehead atoms. The van der Waals surface area contributed by atoms with Gasteiger partial charge in [-0.15, -0.1) is 4.40 Å². The van der Waals surface area contributed by atoms with Crippen LogP contribution in [0.25, 0.3) is 0 Å². The summed E-state index contributed by atoms with van der Waals surface area (Å²) in [6, 6.07) is 17.0. The summed E-state index contributed by atoms with van der Waals surface area (Å²) in [5.41, 5.74) is 2.14. The van der Waals surface area contributed by atoms with Gasteiger partial charge in [0.25, 0.3) is 15.9 Å². The second-order valence-electron chi connectivity index (χ2n) is 6.60. The molecule has 1 N–H and O–H groups in total. The van der Waals surface area contributed by atoms with Gasteiger partial charge in [-0.05, 0) is 42.0 Å². The van der Waals surface area contributed by atoms with Gasteiger partial charge in [-0.1, -0.05) is 30.3 Å². The zero-order valence-electron chi connectivity index (χ0n) is 15.5. The monoisotopic (exact) mass is 409 g/mol. The van der Waals surface area contributed by atoms with E-state index in [0.717, 1.165) is 5.56 Å². The van der Waals surface area contributed by atoms with Crippen LogP contribution >= 0.6 is 0 Å². The maximum Gasteiger partial charge on any atom is 0.257 e. The molecule has 4 rings (SSSR count). The number of fused-ring (bicyclic) bond motifs is 1. The molecule has 0 aliphatic carbocycles. The minimum absolute atomic E-state index is 0.0693. The van der Waals surface area contributed by atoms with E-state index in [9.17, 15) is 13.2 Å². The Bertz CT molecular complexity index is 1100. The van der Waals surface area contributed by atoms with E-state index in [2.05, 4.69) is 9.71 Å². The first kappa shape index (κ1) is 18.9. The Morgan fingerprint density at radius 2 is 1.83 bits per heavy atom. The largest absolute Gasteiger partial charge is 0.489 e. The van der Waals surface area contributed by atoms with Crippen LogP contribution in [0.3, 0.4) is 0 Å². The second-order valence-corrected chi connectivity index (χ2v) is 8.35. The van der Waals surface area contributed by atoms with Gasteiger partial charge < -0.3 is 15.0 Å². The van der Waals surface area contributed by atoms with E-state index in [4.69, 9.17) is 4.74 Å². The van der Waals surface area contributed by atoms with Gasteiger partial charge in [-0.25, -0.2) is 8.42 Å². The molecule has 2 aliphatic heterocycles. The van der Waals surface area contributed by atoms with E-state index in [1.807, 2.05) is 30.3 Å². The van der Waals surface area contributed by atoms with Crippen LogP contribution in [0, 0.1) is 0 Å². The van der Waals surface area contributed by atoms with Crippen LogP contribution < -0.4 is 10.1 Å². The Kier molecular flexibility index (Phi) is 5.18. The van der Waals surface area contributed by atoms with Crippen LogP contribution in [-0.4, -0.2) is 37.4 Å². The number of amidine groups is 1. The number of anilines is 1. The lowest BCUT2D eigenvalue weighted by molar-refractivity contribution is -0.112. The smallest absolute Gasteiger partial charge is 0.257 e. The van der Waals surface area contributed by atoms with Crippen molar-refractivity contribution < 1.29 is 17.9 Å². The maximum atomic E-state index is 12.5. The molecule has 148 valence electrons. The van der Waals surface area contributed by atoms with E-state index in [-0.39, 0.29) is 18.2 Å². The normalized spacial score (nSPS) is 17.0. The van der Waals surface area contributed by atoms with Crippen molar-refractivity contribution in [2.45, 2.75) is 6.61 Å². The molecule has 1 amide bonds. The highest BCUT2D eigenvalue weighted by Gasteiger charge is 2.24. The number of nitrogens with zero attached hydrogens (tertiary/aromatic N) is 2. The lowest BCUT2D eigenvalue weighted by Gasteiger charge is -2.26. The topological polar surface area (TPSA) is 88.1 Å². The van der Waals surface area contributed by atoms with Gasteiger partial charge in [-0.3, -0.25) is 4.79 Å². The van der Waals surface area contributed by atoms with Gasteiger partial charge in [0, 0.05) is 18.4 Å². The Morgan fingerprint density at radius 3 is 2.59 bits per heavy atom. The van der Waals surface area contributed by atoms with Gasteiger partial charge in [0.1, 0.15) is 18.2 Å². The number of carbonyl (C=O) groups excluding carboxylic acids is 1. The van der Waals surface area contributed by atoms with Crippen LogP contribution in [0.5, 0.6) is 5.75 Å². The summed E-state index contributed by atoms with van der Waals surface area (Å²) in [5.74, 6) is 0.679. The number of hydrogen-bond donors (Lipinski definition) is 1. The molecule has 2 aromatic carbocycles. The SMILES string of the molecule is O=C(Nc1ccc(OCc2ccccc2)cc1)C1=CN2CCS(=O)(=O)N=C2C=C1. The van der Waals surface area contributed by atoms with Crippen molar-refractivity contribution in [3.05, 3.63) is 84.1 Å². The molecule has 0 atom stereocenters. The molecule has 0 spiro atoms. The van der Waals surface area contributed by atoms with Crippen LogP contribution in [0.2, 0.25) is 0 Å². The van der Waals surface area contributed by atoms with Gasteiger partial charge in [0.2, 0.25) is 0 Å². The fourth-order valence-corrected chi connectivity index (χ4v) is 3.88. The summed E-state index contributed by atoms with van der Waals surface area (Å²) in [6.07, 6.45) is 4.70. The fraction of sp³-hybridized carbons (Fsp3) is 0.143. The van der Waals surface area contributed by atoms with Crippen molar-refractivity contribution >= 4 is 27.5 Å². The van der Waals surface area contributed by atoms with Crippen molar-refractivity contribution in [2.24, 2.45) is 4.40 Å². The Balaban J connectivity index is 1.37. The Labute approximate surface area is 169 Å². The number of hydrogen-bond acceptors (Lipinski definition) is 5. The summed E-state index contributed by atoms with van der Waals surface area (Å²) in [6.45, 7) is 0.745. The molecule has 0 aromatic heterocycles. The van der Waals surface area contributed by atoms with Gasteiger partial charge in [0.15, 0.2) is 0 Å². The molecule has 0 saturated heterocycles. The Morgan fingerprint density at radius 1 is 1.07 bits per heavy atom. The average Bonchev–Trinajstić information content (AvgIpc) is 2.73. The number of benzene rings is 2. The summed E-state index contributed by atoms with van der Waals surface area (Å²) in [4.78, 5) is 14.2. The number of ether oxygens (including phenoxy) is 1. The van der Waals surface area contributed by atoms with E-state index in [1.54, 1.807) is 41.4 Å². The van der Waals surface area contributed by atoms with E-state index in [1.165, 1.54) is 6.08 Å². The van der Waals surface area contributed by atoms with Crippen LogP contribution in [-0.2, 0) is 21.4 Å². The molecule has 7 nitrogen and oxygen atoms in total. The summed E-state index contributed by atoms with van der Waals surface area (Å²) < 4.78 is 32.6. The predicted octanol–water partition coefficient (Wildman–Crippen LogP) is 2.70. The molecule has 2 aromatic rings. The third-order valence-corrected chi connectivity index (χ3v) is 5.61. The van der Waals surface area contributed by atoms with E-state index < -0.39 is 10.0 Å². The summed E-state index contributed by atoms with van der Waals surface area (Å²) in [7, 11) is -3.41. The average molecular weight is 409 g/mol. The van der Waals surface area contributed by atoms with Gasteiger partial charge in [-0.2, -0.15) is 0 Å². The standard InChI is InChI=1S/C21H19N3O4S/c25-21(17-6-11-20-23-29(26,27)13-12-24(20)14-17)22-18-7-9-19(10-8-18)28-15-16-4-2-1-3-5-16/h1-11,14H,12-13,15H2,(H,22,25). The first-order valence-electron chi connectivity index (χ1n) is 9.06. The number of rotatable bonds is 5. The first-order chi connectivity index (χ1) is 14.0. The van der Waals surface area contributed by atoms with E-state index >= 15 is 0 Å². The van der Waals surface area contributed by atoms with E-state index in [0.29, 0.717) is 29.5 Å². The zero-order valence-corrected chi connectivity index (χ0v) is 16.3. The van der Waals surface area contributed by atoms with Crippen molar-refractivity contribution in [2.75, 3.05) is 17.6 Å². The predicted molar refractivity (Wildman–Crippen MR) is 111 cm³/mol. The maximum absolute atomic E-state index is 12.5. The molecule has 29 heavy (non-hydrogen) atoms. The third-order valence-electron chi connectivity index (χ3n) is 4.45. The quantitative estimate of drug-likeness (QED) is 0.820. The molecule has 0 radical (unpaired) electrons. The van der Waals surface area contributed by atoms with Crippen molar-refractivity contribution in [3.8, 4) is 5.75 Å². The minimum Gasteiger partial charge on any atom is -0.489 e. The molecule has 0 saturated carbocycles. The number of amides is 1. The van der Waals surface area contributed by atoms with Crippen LogP contribution in [0.4, 0.5) is 5.69 Å². The fourth-order valence-electron chi connectivity index (χ4n) is 2.91. The lowest BCUT2D eigenvalue weighted by Crippen LogP contribution is -2.37. The highest BCUT2D eigenvalue weighted by molar-refractivity contribution is 7.90.